The Hall–Kier alpha value is -1.90. The van der Waals surface area contributed by atoms with Crippen molar-refractivity contribution >= 4 is 37.5 Å². The van der Waals surface area contributed by atoms with Crippen LogP contribution in [-0.2, 0) is 15.8 Å². The third-order valence-corrected chi connectivity index (χ3v) is 4.43. The van der Waals surface area contributed by atoms with Gasteiger partial charge in [0, 0.05) is 10.2 Å². The zero-order chi connectivity index (χ0) is 17.0. The maximum atomic E-state index is 12.3. The first-order valence-corrected chi connectivity index (χ1v) is 9.03. The van der Waals surface area contributed by atoms with Gasteiger partial charge in [-0.25, -0.2) is 13.6 Å². The molecule has 0 aliphatic heterocycles. The minimum atomic E-state index is -3.58. The first-order chi connectivity index (χ1) is 10.8. The quantitative estimate of drug-likeness (QED) is 0.807. The molecule has 0 saturated carbocycles. The number of nitrogens with one attached hydrogen (secondary N) is 1. The van der Waals surface area contributed by atoms with E-state index in [-0.39, 0.29) is 11.7 Å². The van der Waals surface area contributed by atoms with Crippen LogP contribution >= 0.6 is 15.9 Å². The molecule has 0 unspecified atom stereocenters. The Balaban J connectivity index is 2.14. The number of hydrogen-bond acceptors (Lipinski definition) is 4. The van der Waals surface area contributed by atoms with Gasteiger partial charge < -0.3 is 10.1 Å². The number of nitrogens with two attached hydrogens (primary N) is 1. The Labute approximate surface area is 142 Å². The summed E-state index contributed by atoms with van der Waals surface area (Å²) in [6.07, 6.45) is 0. The maximum absolute atomic E-state index is 12.3. The summed E-state index contributed by atoms with van der Waals surface area (Å²) in [7, 11) is -2.05. The number of amides is 1. The van der Waals surface area contributed by atoms with Gasteiger partial charge in [-0.15, -0.1) is 0 Å². The molecule has 0 radical (unpaired) electrons. The number of ether oxygens (including phenoxy) is 1. The van der Waals surface area contributed by atoms with Crippen molar-refractivity contribution in [1.82, 2.24) is 0 Å². The molecule has 3 N–H and O–H groups in total. The molecular formula is C15H15BrN2O4S. The fourth-order valence-electron chi connectivity index (χ4n) is 1.92. The van der Waals surface area contributed by atoms with Gasteiger partial charge >= 0.3 is 0 Å². The van der Waals surface area contributed by atoms with Gasteiger partial charge in [-0.2, -0.15) is 0 Å². The highest BCUT2D eigenvalue weighted by atomic mass is 79.9. The summed E-state index contributed by atoms with van der Waals surface area (Å²) in [5.74, 6) is 0.0136. The number of carbonyl (C=O) groups is 1. The molecule has 0 aliphatic carbocycles. The molecule has 8 heteroatoms. The van der Waals surface area contributed by atoms with E-state index in [1.54, 1.807) is 42.5 Å². The van der Waals surface area contributed by atoms with Crippen LogP contribution < -0.4 is 15.2 Å². The van der Waals surface area contributed by atoms with E-state index in [2.05, 4.69) is 21.2 Å². The standard InChI is InChI=1S/C15H15BrN2O4S/c1-22-12-6-7-14(16)13(8-12)15(19)18-11-4-2-10(3-5-11)9-23(17,20)21/h2-8H,9H2,1H3,(H,18,19)(H2,17,20,21). The minimum absolute atomic E-state index is 0.247. The van der Waals surface area contributed by atoms with Crippen LogP contribution in [0.5, 0.6) is 5.75 Å². The van der Waals surface area contributed by atoms with Gasteiger partial charge in [0.25, 0.3) is 5.91 Å². The molecular weight excluding hydrogens is 384 g/mol. The van der Waals surface area contributed by atoms with E-state index >= 15 is 0 Å². The lowest BCUT2D eigenvalue weighted by atomic mass is 10.2. The van der Waals surface area contributed by atoms with Crippen LogP contribution in [0.1, 0.15) is 15.9 Å². The lowest BCUT2D eigenvalue weighted by molar-refractivity contribution is 0.102. The highest BCUT2D eigenvalue weighted by Crippen LogP contribution is 2.23. The van der Waals surface area contributed by atoms with E-state index in [0.29, 0.717) is 27.0 Å². The van der Waals surface area contributed by atoms with Gasteiger partial charge in [0.1, 0.15) is 5.75 Å². The van der Waals surface area contributed by atoms with Crippen molar-refractivity contribution in [2.45, 2.75) is 5.75 Å². The number of rotatable bonds is 5. The summed E-state index contributed by atoms with van der Waals surface area (Å²) in [6.45, 7) is 0. The van der Waals surface area contributed by atoms with E-state index in [0.717, 1.165) is 0 Å². The van der Waals surface area contributed by atoms with Gasteiger partial charge in [-0.05, 0) is 51.8 Å². The number of halogens is 1. The highest BCUT2D eigenvalue weighted by molar-refractivity contribution is 9.10. The molecule has 0 bridgehead atoms. The highest BCUT2D eigenvalue weighted by Gasteiger charge is 2.12. The molecule has 0 aromatic heterocycles. The zero-order valence-corrected chi connectivity index (χ0v) is 14.6. The summed E-state index contributed by atoms with van der Waals surface area (Å²) in [4.78, 5) is 12.3. The van der Waals surface area contributed by atoms with Crippen LogP contribution in [0.4, 0.5) is 5.69 Å². The zero-order valence-electron chi connectivity index (χ0n) is 12.2. The summed E-state index contributed by atoms with van der Waals surface area (Å²) in [5.41, 5.74) is 1.52. The van der Waals surface area contributed by atoms with E-state index in [1.165, 1.54) is 7.11 Å². The van der Waals surface area contributed by atoms with Crippen LogP contribution in [0, 0.1) is 0 Å². The maximum Gasteiger partial charge on any atom is 0.256 e. The molecule has 0 aliphatic rings. The molecule has 23 heavy (non-hydrogen) atoms. The SMILES string of the molecule is COc1ccc(Br)c(C(=O)Nc2ccc(CS(N)(=O)=O)cc2)c1. The molecule has 2 rings (SSSR count). The Morgan fingerprint density at radius 2 is 1.87 bits per heavy atom. The summed E-state index contributed by atoms with van der Waals surface area (Å²) < 4.78 is 27.8. The number of anilines is 1. The molecule has 122 valence electrons. The third kappa shape index (κ3) is 5.05. The van der Waals surface area contributed by atoms with Gasteiger partial charge in [-0.1, -0.05) is 12.1 Å². The number of primary sulfonamides is 1. The van der Waals surface area contributed by atoms with Crippen molar-refractivity contribution in [1.29, 1.82) is 0 Å². The number of hydrogen-bond donors (Lipinski definition) is 2. The normalized spacial score (nSPS) is 11.1. The van der Waals surface area contributed by atoms with Crippen molar-refractivity contribution in [2.24, 2.45) is 5.14 Å². The van der Waals surface area contributed by atoms with Gasteiger partial charge in [0.2, 0.25) is 10.0 Å². The lowest BCUT2D eigenvalue weighted by Gasteiger charge is -2.09. The summed E-state index contributed by atoms with van der Waals surface area (Å²) >= 11 is 3.32. The molecule has 2 aromatic carbocycles. The van der Waals surface area contributed by atoms with Crippen molar-refractivity contribution in [3.63, 3.8) is 0 Å². The van der Waals surface area contributed by atoms with Gasteiger partial charge in [0.15, 0.2) is 0 Å². The van der Waals surface area contributed by atoms with E-state index in [9.17, 15) is 13.2 Å². The second-order valence-corrected chi connectivity index (χ2v) is 7.27. The third-order valence-electron chi connectivity index (χ3n) is 3.00. The molecule has 1 amide bonds. The van der Waals surface area contributed by atoms with Crippen molar-refractivity contribution in [3.8, 4) is 5.75 Å². The fraction of sp³-hybridized carbons (Fsp3) is 0.133. The van der Waals surface area contributed by atoms with E-state index < -0.39 is 10.0 Å². The monoisotopic (exact) mass is 398 g/mol. The number of methoxy groups -OCH3 is 1. The van der Waals surface area contributed by atoms with Crippen LogP contribution in [0.2, 0.25) is 0 Å². The summed E-state index contributed by atoms with van der Waals surface area (Å²) in [5, 5.41) is 7.73. The molecule has 0 spiro atoms. The minimum Gasteiger partial charge on any atom is -0.497 e. The van der Waals surface area contributed by atoms with Crippen LogP contribution in [-0.4, -0.2) is 21.4 Å². The van der Waals surface area contributed by atoms with Crippen LogP contribution in [0.3, 0.4) is 0 Å². The molecule has 0 atom stereocenters. The summed E-state index contributed by atoms with van der Waals surface area (Å²) in [6, 6.07) is 11.5. The first-order valence-electron chi connectivity index (χ1n) is 6.53. The number of benzene rings is 2. The Kier molecular flexibility index (Phi) is 5.40. The van der Waals surface area contributed by atoms with Crippen molar-refractivity contribution in [3.05, 3.63) is 58.1 Å². The van der Waals surface area contributed by atoms with Crippen LogP contribution in [0.25, 0.3) is 0 Å². The van der Waals surface area contributed by atoms with Gasteiger partial charge in [0.05, 0.1) is 18.4 Å². The predicted molar refractivity (Wildman–Crippen MR) is 91.9 cm³/mol. The topological polar surface area (TPSA) is 98.5 Å². The lowest BCUT2D eigenvalue weighted by Crippen LogP contribution is -2.15. The molecule has 0 heterocycles. The Morgan fingerprint density at radius 3 is 2.43 bits per heavy atom. The first kappa shape index (κ1) is 17.5. The fourth-order valence-corrected chi connectivity index (χ4v) is 3.00. The predicted octanol–water partition coefficient (Wildman–Crippen LogP) is 2.50. The molecule has 0 saturated heterocycles. The number of carbonyl (C=O) groups excluding carboxylic acids is 1. The van der Waals surface area contributed by atoms with Gasteiger partial charge in [-0.3, -0.25) is 4.79 Å². The molecule has 2 aromatic rings. The Morgan fingerprint density at radius 1 is 1.22 bits per heavy atom. The van der Waals surface area contributed by atoms with Crippen LogP contribution in [0.15, 0.2) is 46.9 Å². The molecule has 6 nitrogen and oxygen atoms in total. The second kappa shape index (κ2) is 7.12. The van der Waals surface area contributed by atoms with E-state index in [4.69, 9.17) is 9.88 Å². The second-order valence-electron chi connectivity index (χ2n) is 4.80. The largest absolute Gasteiger partial charge is 0.497 e. The van der Waals surface area contributed by atoms with E-state index in [1.807, 2.05) is 0 Å². The van der Waals surface area contributed by atoms with Crippen molar-refractivity contribution < 1.29 is 17.9 Å². The van der Waals surface area contributed by atoms with Crippen molar-refractivity contribution in [2.75, 3.05) is 12.4 Å². The number of sulfonamides is 1. The smallest absolute Gasteiger partial charge is 0.256 e. The Bertz CT molecular complexity index is 820. The average Bonchev–Trinajstić information content (AvgIpc) is 2.48. The average molecular weight is 399 g/mol. The molecule has 0 fully saturated rings.